The van der Waals surface area contributed by atoms with Crippen molar-refractivity contribution >= 4 is 23.5 Å². The van der Waals surface area contributed by atoms with E-state index < -0.39 is 18.4 Å². The highest BCUT2D eigenvalue weighted by molar-refractivity contribution is 5.80. The minimum absolute atomic E-state index is 0.131. The molecule has 0 aromatic carbocycles. The summed E-state index contributed by atoms with van der Waals surface area (Å²) in [5, 5.41) is 13.4. The van der Waals surface area contributed by atoms with Gasteiger partial charge in [0, 0.05) is 59.1 Å². The quantitative estimate of drug-likeness (QED) is 0.365. The third-order valence-electron chi connectivity index (χ3n) is 7.05. The van der Waals surface area contributed by atoms with Crippen LogP contribution >= 0.6 is 0 Å². The maximum atomic E-state index is 14.7. The summed E-state index contributed by atoms with van der Waals surface area (Å²) >= 11 is 0. The first kappa shape index (κ1) is 22.4. The number of carbonyl (C=O) groups excluding carboxylic acids is 1. The number of hydrogen-bond donors (Lipinski definition) is 3. The zero-order valence-corrected chi connectivity index (χ0v) is 20.0. The Morgan fingerprint density at radius 3 is 2.94 bits per heavy atom. The molecule has 0 bridgehead atoms. The second-order valence-electron chi connectivity index (χ2n) is 9.91. The van der Waals surface area contributed by atoms with Gasteiger partial charge in [0.15, 0.2) is 5.82 Å². The Morgan fingerprint density at radius 1 is 1.31 bits per heavy atom. The molecule has 0 spiro atoms. The normalized spacial score (nSPS) is 22.5. The first-order valence-corrected chi connectivity index (χ1v) is 12.1. The lowest BCUT2D eigenvalue weighted by Crippen LogP contribution is -2.38. The molecule has 2 fully saturated rings. The molecule has 0 radical (unpaired) electrons. The van der Waals surface area contributed by atoms with Crippen molar-refractivity contribution in [3.8, 4) is 11.1 Å². The second-order valence-corrected chi connectivity index (χ2v) is 9.91. The number of nitrogens with one attached hydrogen (secondary N) is 3. The van der Waals surface area contributed by atoms with E-state index in [-0.39, 0.29) is 17.9 Å². The molecule has 2 aliphatic carbocycles. The van der Waals surface area contributed by atoms with Gasteiger partial charge in [-0.1, -0.05) is 6.07 Å². The minimum Gasteiger partial charge on any atom is -0.443 e. The third kappa shape index (κ3) is 4.25. The van der Waals surface area contributed by atoms with Crippen LogP contribution in [0.4, 0.5) is 21.0 Å². The van der Waals surface area contributed by atoms with Crippen molar-refractivity contribution in [2.45, 2.75) is 63.3 Å². The molecule has 11 heteroatoms. The number of anilines is 2. The van der Waals surface area contributed by atoms with E-state index in [4.69, 9.17) is 9.72 Å². The van der Waals surface area contributed by atoms with Crippen LogP contribution in [0.2, 0.25) is 0 Å². The number of aromatic amines is 1. The average Bonchev–Trinajstić information content (AvgIpc) is 3.23. The number of H-pyrrole nitrogens is 1. The lowest BCUT2D eigenvalue weighted by molar-refractivity contribution is 0.0583. The van der Waals surface area contributed by atoms with Crippen LogP contribution in [0.5, 0.6) is 0 Å². The van der Waals surface area contributed by atoms with E-state index in [1.807, 2.05) is 42.6 Å². The number of fused-ring (bicyclic) bond motifs is 1. The van der Waals surface area contributed by atoms with Gasteiger partial charge in [-0.2, -0.15) is 5.10 Å². The van der Waals surface area contributed by atoms with Crippen molar-refractivity contribution in [2.24, 2.45) is 0 Å². The summed E-state index contributed by atoms with van der Waals surface area (Å²) in [5.41, 5.74) is 3.98. The molecule has 2 aliphatic rings. The van der Waals surface area contributed by atoms with E-state index >= 15 is 0 Å². The fraction of sp³-hybridized carbons (Fsp3) is 0.400. The molecule has 0 unspecified atom stereocenters. The second kappa shape index (κ2) is 8.58. The number of nitrogens with zero attached hydrogens (tertiary/aromatic N) is 5. The Balaban J connectivity index is 1.18. The zero-order chi connectivity index (χ0) is 24.9. The van der Waals surface area contributed by atoms with Gasteiger partial charge in [-0.25, -0.2) is 19.2 Å². The van der Waals surface area contributed by atoms with Gasteiger partial charge >= 0.3 is 6.09 Å². The van der Waals surface area contributed by atoms with Gasteiger partial charge in [-0.3, -0.25) is 14.5 Å². The number of aryl methyl sites for hydroxylation is 1. The molecule has 4 aromatic rings. The van der Waals surface area contributed by atoms with Crippen LogP contribution in [-0.2, 0) is 4.74 Å². The van der Waals surface area contributed by atoms with Crippen molar-refractivity contribution < 1.29 is 13.9 Å². The first-order chi connectivity index (χ1) is 17.4. The van der Waals surface area contributed by atoms with E-state index in [0.717, 1.165) is 41.0 Å². The summed E-state index contributed by atoms with van der Waals surface area (Å²) in [6.07, 6.45) is 7.04. The number of alkyl carbamates (subject to hydrolysis) is 1. The van der Waals surface area contributed by atoms with Crippen LogP contribution < -0.4 is 10.6 Å². The Bertz CT molecular complexity index is 1410. The molecular weight excluding hydrogens is 463 g/mol. The largest absolute Gasteiger partial charge is 0.443 e. The predicted molar refractivity (Wildman–Crippen MR) is 131 cm³/mol. The lowest BCUT2D eigenvalue weighted by atomic mass is 10.0. The van der Waals surface area contributed by atoms with Crippen molar-refractivity contribution in [2.75, 3.05) is 5.32 Å². The molecule has 186 valence electrons. The summed E-state index contributed by atoms with van der Waals surface area (Å²) < 4.78 is 21.9. The molecule has 2 saturated carbocycles. The Labute approximate surface area is 206 Å². The van der Waals surface area contributed by atoms with Crippen LogP contribution in [0.25, 0.3) is 16.8 Å². The van der Waals surface area contributed by atoms with Crippen molar-refractivity contribution in [3.63, 3.8) is 0 Å². The van der Waals surface area contributed by atoms with Gasteiger partial charge in [0.1, 0.15) is 17.9 Å². The summed E-state index contributed by atoms with van der Waals surface area (Å²) in [4.78, 5) is 25.6. The van der Waals surface area contributed by atoms with Gasteiger partial charge in [0.25, 0.3) is 0 Å². The fourth-order valence-corrected chi connectivity index (χ4v) is 4.80. The van der Waals surface area contributed by atoms with E-state index in [2.05, 4.69) is 30.8 Å². The molecular formula is C25H27FN8O2. The fourth-order valence-electron chi connectivity index (χ4n) is 4.80. The summed E-state index contributed by atoms with van der Waals surface area (Å²) in [5.74, 6) is 0.986. The number of pyridine rings is 1. The maximum absolute atomic E-state index is 14.7. The molecule has 10 nitrogen and oxygen atoms in total. The van der Waals surface area contributed by atoms with Gasteiger partial charge in [-0.05, 0) is 45.6 Å². The molecule has 4 aromatic heterocycles. The lowest BCUT2D eigenvalue weighted by Gasteiger charge is -2.17. The molecule has 0 saturated heterocycles. The monoisotopic (exact) mass is 490 g/mol. The number of amides is 1. The summed E-state index contributed by atoms with van der Waals surface area (Å²) in [6.45, 7) is 3.88. The average molecular weight is 491 g/mol. The molecule has 36 heavy (non-hydrogen) atoms. The van der Waals surface area contributed by atoms with Crippen LogP contribution in [0.1, 0.15) is 49.9 Å². The van der Waals surface area contributed by atoms with Crippen LogP contribution in [0.3, 0.4) is 0 Å². The van der Waals surface area contributed by atoms with Gasteiger partial charge < -0.3 is 15.4 Å². The van der Waals surface area contributed by atoms with Crippen LogP contribution in [-0.4, -0.2) is 53.5 Å². The Kier molecular flexibility index (Phi) is 5.35. The predicted octanol–water partition coefficient (Wildman–Crippen LogP) is 4.43. The molecule has 1 amide bonds. The maximum Gasteiger partial charge on any atom is 0.407 e. The number of carbonyl (C=O) groups is 1. The van der Waals surface area contributed by atoms with Gasteiger partial charge in [-0.15, -0.1) is 0 Å². The van der Waals surface area contributed by atoms with E-state index in [1.165, 1.54) is 0 Å². The Morgan fingerprint density at radius 2 is 2.17 bits per heavy atom. The molecule has 3 atom stereocenters. The Hall–Kier alpha value is -4.02. The highest BCUT2D eigenvalue weighted by Crippen LogP contribution is 2.39. The van der Waals surface area contributed by atoms with Crippen LogP contribution in [0.15, 0.2) is 43.0 Å². The highest BCUT2D eigenvalue weighted by atomic mass is 19.1. The number of alkyl halides is 1. The minimum atomic E-state index is -1.22. The topological polar surface area (TPSA) is 122 Å². The number of hydrogen-bond acceptors (Lipinski definition) is 7. The number of halogens is 1. The van der Waals surface area contributed by atoms with Crippen LogP contribution in [0, 0.1) is 6.92 Å². The smallest absolute Gasteiger partial charge is 0.407 e. The van der Waals surface area contributed by atoms with Gasteiger partial charge in [0.2, 0.25) is 5.95 Å². The van der Waals surface area contributed by atoms with E-state index in [0.29, 0.717) is 18.2 Å². The number of aromatic nitrogens is 6. The molecule has 0 aliphatic heterocycles. The number of rotatable bonds is 6. The third-order valence-corrected chi connectivity index (χ3v) is 7.05. The first-order valence-electron chi connectivity index (χ1n) is 12.1. The SMILES string of the molecule is Cc1nc(Nc2cc([C@H]3C[C@@H](F)[C@@H](OC(=O)NC4(C)CC4)C3)[nH]n2)n2ccnc2c1-c1cccnc1. The standard InChI is InChI=1S/C25H27FN8O2/c1-14-21(15-4-3-7-27-13-15)22-28-8-9-34(22)23(29-14)30-20-12-18(32-33-20)16-10-17(26)19(11-16)36-24(35)31-25(2)5-6-25/h3-4,7-9,12-13,16-17,19H,5-6,10-11H2,1-2H3,(H,31,35)(H2,29,30,32,33)/t16-,17+,19-/m0/s1. The number of ether oxygens (including phenoxy) is 1. The molecule has 4 heterocycles. The number of imidazole rings is 1. The summed E-state index contributed by atoms with van der Waals surface area (Å²) in [7, 11) is 0. The van der Waals surface area contributed by atoms with E-state index in [1.54, 1.807) is 18.6 Å². The summed E-state index contributed by atoms with van der Waals surface area (Å²) in [6, 6.07) is 5.71. The van der Waals surface area contributed by atoms with Gasteiger partial charge in [0.05, 0.1) is 5.69 Å². The van der Waals surface area contributed by atoms with Crippen molar-refractivity contribution in [1.82, 2.24) is 34.9 Å². The molecule has 6 rings (SSSR count). The van der Waals surface area contributed by atoms with Crippen molar-refractivity contribution in [1.29, 1.82) is 0 Å². The molecule has 3 N–H and O–H groups in total. The van der Waals surface area contributed by atoms with E-state index in [9.17, 15) is 9.18 Å². The van der Waals surface area contributed by atoms with Crippen molar-refractivity contribution in [3.05, 3.63) is 54.4 Å². The highest BCUT2D eigenvalue weighted by Gasteiger charge is 2.42. The zero-order valence-electron chi connectivity index (χ0n) is 20.0.